The Labute approximate surface area is 148 Å². The Kier molecular flexibility index (Phi) is 5.04. The molecule has 1 aliphatic rings. The maximum atomic E-state index is 12.6. The largest absolute Gasteiger partial charge is 0.335 e. The van der Waals surface area contributed by atoms with Gasteiger partial charge in [0.05, 0.1) is 10.7 Å². The summed E-state index contributed by atoms with van der Waals surface area (Å²) in [5, 5.41) is 4.87. The molecule has 5 nitrogen and oxygen atoms in total. The van der Waals surface area contributed by atoms with Crippen LogP contribution in [0.2, 0.25) is 5.02 Å². The summed E-state index contributed by atoms with van der Waals surface area (Å²) in [6.45, 7) is 4.01. The summed E-state index contributed by atoms with van der Waals surface area (Å²) in [5.41, 5.74) is 1.81. The van der Waals surface area contributed by atoms with Crippen molar-refractivity contribution >= 4 is 33.4 Å². The predicted molar refractivity (Wildman–Crippen MR) is 93.5 cm³/mol. The molecule has 7 heteroatoms. The first-order valence-electron chi connectivity index (χ1n) is 7.48. The highest BCUT2D eigenvalue weighted by molar-refractivity contribution is 9.10. The van der Waals surface area contributed by atoms with Crippen molar-refractivity contribution in [1.82, 2.24) is 19.6 Å². The van der Waals surface area contributed by atoms with Gasteiger partial charge in [-0.2, -0.15) is 5.10 Å². The van der Waals surface area contributed by atoms with Gasteiger partial charge >= 0.3 is 0 Å². The van der Waals surface area contributed by atoms with Gasteiger partial charge in [0.1, 0.15) is 5.69 Å². The van der Waals surface area contributed by atoms with Crippen molar-refractivity contribution in [1.29, 1.82) is 0 Å². The van der Waals surface area contributed by atoms with Crippen LogP contribution in [0, 0.1) is 0 Å². The molecule has 0 aliphatic carbocycles. The number of piperazine rings is 1. The fraction of sp³-hybridized carbons (Fsp3) is 0.375. The number of halogens is 2. The Balaban J connectivity index is 1.59. The van der Waals surface area contributed by atoms with Crippen LogP contribution in [0.15, 0.2) is 34.9 Å². The van der Waals surface area contributed by atoms with Gasteiger partial charge in [0, 0.05) is 44.8 Å². The van der Waals surface area contributed by atoms with E-state index in [4.69, 9.17) is 11.6 Å². The molecule has 122 valence electrons. The molecule has 1 saturated heterocycles. The maximum Gasteiger partial charge on any atom is 0.273 e. The number of carbonyl (C=O) groups is 1. The van der Waals surface area contributed by atoms with E-state index in [-0.39, 0.29) is 5.91 Å². The second-order valence-electron chi connectivity index (χ2n) is 5.66. The zero-order valence-corrected chi connectivity index (χ0v) is 15.2. The third-order valence-corrected chi connectivity index (χ3v) is 4.87. The summed E-state index contributed by atoms with van der Waals surface area (Å²) in [4.78, 5) is 16.8. The summed E-state index contributed by atoms with van der Waals surface area (Å²) in [5.74, 6) is 0.0271. The second kappa shape index (κ2) is 7.03. The number of hydrogen-bond donors (Lipinski definition) is 0. The zero-order valence-electron chi connectivity index (χ0n) is 12.9. The van der Waals surface area contributed by atoms with E-state index in [1.54, 1.807) is 17.9 Å². The summed E-state index contributed by atoms with van der Waals surface area (Å²) < 4.78 is 2.36. The van der Waals surface area contributed by atoms with Gasteiger partial charge in [0.25, 0.3) is 5.91 Å². The molecule has 0 spiro atoms. The van der Waals surface area contributed by atoms with Gasteiger partial charge in [0.15, 0.2) is 0 Å². The third kappa shape index (κ3) is 3.76. The van der Waals surface area contributed by atoms with Crippen molar-refractivity contribution in [3.63, 3.8) is 0 Å². The van der Waals surface area contributed by atoms with Crippen LogP contribution in [-0.2, 0) is 13.6 Å². The molecule has 0 bridgehead atoms. The highest BCUT2D eigenvalue weighted by Gasteiger charge is 2.25. The van der Waals surface area contributed by atoms with E-state index in [9.17, 15) is 4.79 Å². The van der Waals surface area contributed by atoms with E-state index in [2.05, 4.69) is 32.0 Å². The number of aryl methyl sites for hydroxylation is 1. The Morgan fingerprint density at radius 3 is 2.65 bits per heavy atom. The number of carbonyl (C=O) groups excluding carboxylic acids is 1. The molecule has 0 atom stereocenters. The van der Waals surface area contributed by atoms with Crippen LogP contribution in [0.5, 0.6) is 0 Å². The maximum absolute atomic E-state index is 12.6. The molecule has 1 aromatic carbocycles. The minimum Gasteiger partial charge on any atom is -0.335 e. The molecule has 0 unspecified atom stereocenters. The van der Waals surface area contributed by atoms with Gasteiger partial charge in [-0.15, -0.1) is 0 Å². The molecule has 0 N–H and O–H groups in total. The van der Waals surface area contributed by atoms with Crippen molar-refractivity contribution in [3.8, 4) is 0 Å². The van der Waals surface area contributed by atoms with Crippen LogP contribution < -0.4 is 0 Å². The molecule has 2 heterocycles. The number of rotatable bonds is 3. The van der Waals surface area contributed by atoms with Gasteiger partial charge in [-0.25, -0.2) is 0 Å². The van der Waals surface area contributed by atoms with Crippen molar-refractivity contribution in [2.24, 2.45) is 7.05 Å². The van der Waals surface area contributed by atoms with Gasteiger partial charge in [-0.1, -0.05) is 23.7 Å². The van der Waals surface area contributed by atoms with E-state index in [0.29, 0.717) is 5.69 Å². The minimum atomic E-state index is 0.0271. The summed E-state index contributed by atoms with van der Waals surface area (Å²) in [6.07, 6.45) is 1.66. The fourth-order valence-electron chi connectivity index (χ4n) is 2.80. The average molecular weight is 398 g/mol. The van der Waals surface area contributed by atoms with Crippen molar-refractivity contribution < 1.29 is 4.79 Å². The van der Waals surface area contributed by atoms with E-state index in [1.807, 2.05) is 23.1 Å². The molecule has 0 saturated carbocycles. The smallest absolute Gasteiger partial charge is 0.273 e. The molecular weight excluding hydrogens is 380 g/mol. The van der Waals surface area contributed by atoms with Crippen molar-refractivity contribution in [2.45, 2.75) is 6.54 Å². The van der Waals surface area contributed by atoms with E-state index >= 15 is 0 Å². The lowest BCUT2D eigenvalue weighted by Gasteiger charge is -2.34. The lowest BCUT2D eigenvalue weighted by molar-refractivity contribution is 0.0617. The van der Waals surface area contributed by atoms with Crippen molar-refractivity contribution in [2.75, 3.05) is 26.2 Å². The van der Waals surface area contributed by atoms with Crippen molar-refractivity contribution in [3.05, 3.63) is 51.2 Å². The summed E-state index contributed by atoms with van der Waals surface area (Å²) in [7, 11) is 1.79. The van der Waals surface area contributed by atoms with Crippen LogP contribution in [0.1, 0.15) is 16.1 Å². The van der Waals surface area contributed by atoms with Crippen LogP contribution in [0.3, 0.4) is 0 Å². The van der Waals surface area contributed by atoms with Crippen LogP contribution in [0.4, 0.5) is 0 Å². The zero-order chi connectivity index (χ0) is 16.4. The second-order valence-corrected chi connectivity index (χ2v) is 6.95. The quantitative estimate of drug-likeness (QED) is 0.800. The molecule has 1 aromatic heterocycles. The molecule has 23 heavy (non-hydrogen) atoms. The lowest BCUT2D eigenvalue weighted by Crippen LogP contribution is -2.48. The minimum absolute atomic E-state index is 0.0271. The van der Waals surface area contributed by atoms with Crippen LogP contribution in [0.25, 0.3) is 0 Å². The summed E-state index contributed by atoms with van der Waals surface area (Å²) in [6, 6.07) is 7.92. The van der Waals surface area contributed by atoms with Gasteiger partial charge in [-0.3, -0.25) is 14.4 Å². The fourth-order valence-corrected chi connectivity index (χ4v) is 3.53. The molecule has 0 radical (unpaired) electrons. The molecule has 1 aliphatic heterocycles. The normalized spacial score (nSPS) is 15.9. The SMILES string of the molecule is Cn1ncc(Br)c1C(=O)N1CCN(Cc2cccc(Cl)c2)CC1. The van der Waals surface area contributed by atoms with E-state index in [0.717, 1.165) is 42.2 Å². The van der Waals surface area contributed by atoms with Gasteiger partial charge < -0.3 is 4.90 Å². The van der Waals surface area contributed by atoms with Gasteiger partial charge in [-0.05, 0) is 33.6 Å². The number of hydrogen-bond acceptors (Lipinski definition) is 3. The Bertz CT molecular complexity index is 690. The Hall–Kier alpha value is -1.37. The topological polar surface area (TPSA) is 41.4 Å². The summed E-state index contributed by atoms with van der Waals surface area (Å²) >= 11 is 9.42. The number of aromatic nitrogens is 2. The third-order valence-electron chi connectivity index (χ3n) is 4.05. The lowest BCUT2D eigenvalue weighted by atomic mass is 10.2. The highest BCUT2D eigenvalue weighted by atomic mass is 79.9. The Morgan fingerprint density at radius 1 is 1.30 bits per heavy atom. The first kappa shape index (κ1) is 16.5. The van der Waals surface area contributed by atoms with E-state index < -0.39 is 0 Å². The number of nitrogens with zero attached hydrogens (tertiary/aromatic N) is 4. The Morgan fingerprint density at radius 2 is 2.04 bits per heavy atom. The molecule has 3 rings (SSSR count). The van der Waals surface area contributed by atoms with Crippen LogP contribution in [-0.4, -0.2) is 51.7 Å². The molecule has 2 aromatic rings. The monoisotopic (exact) mass is 396 g/mol. The molecule has 1 amide bonds. The number of amides is 1. The first-order chi connectivity index (χ1) is 11.0. The predicted octanol–water partition coefficient (Wildman–Crippen LogP) is 2.79. The standard InChI is InChI=1S/C16H18BrClN4O/c1-20-15(14(17)10-19-20)16(23)22-7-5-21(6-8-22)11-12-3-2-4-13(18)9-12/h2-4,9-10H,5-8,11H2,1H3. The average Bonchev–Trinajstić information content (AvgIpc) is 2.86. The molecule has 1 fully saturated rings. The van der Waals surface area contributed by atoms with E-state index in [1.165, 1.54) is 5.56 Å². The van der Waals surface area contributed by atoms with Gasteiger partial charge in [0.2, 0.25) is 0 Å². The number of benzene rings is 1. The first-order valence-corrected chi connectivity index (χ1v) is 8.65. The highest BCUT2D eigenvalue weighted by Crippen LogP contribution is 2.19. The van der Waals surface area contributed by atoms with Crippen LogP contribution >= 0.6 is 27.5 Å². The molecular formula is C16H18BrClN4O.